The maximum atomic E-state index is 13.5. The van der Waals surface area contributed by atoms with Crippen molar-refractivity contribution in [3.8, 4) is 0 Å². The highest BCUT2D eigenvalue weighted by atomic mass is 79.9. The third-order valence-electron chi connectivity index (χ3n) is 2.12. The summed E-state index contributed by atoms with van der Waals surface area (Å²) in [5.74, 6) is 0.157. The maximum Gasteiger partial charge on any atom is 0.229 e. The minimum absolute atomic E-state index is 0.295. The first-order chi connectivity index (χ1) is 7.68. The Morgan fingerprint density at radius 2 is 1.81 bits per heavy atom. The van der Waals surface area contributed by atoms with Crippen LogP contribution in [0.15, 0.2) is 41.1 Å². The minimum atomic E-state index is -0.295. The zero-order valence-electron chi connectivity index (χ0n) is 8.56. The molecule has 1 aromatic heterocycles. The molecule has 16 heavy (non-hydrogen) atoms. The quantitative estimate of drug-likeness (QED) is 0.847. The van der Waals surface area contributed by atoms with Gasteiger partial charge in [0.1, 0.15) is 5.82 Å². The Bertz CT molecular complexity index is 487. The molecule has 0 aliphatic rings. The molecule has 0 atom stereocenters. The van der Waals surface area contributed by atoms with E-state index in [9.17, 15) is 4.39 Å². The lowest BCUT2D eigenvalue weighted by molar-refractivity contribution is 0.627. The van der Waals surface area contributed by atoms with Crippen LogP contribution in [-0.2, 0) is 0 Å². The molecule has 0 saturated carbocycles. The molecule has 0 unspecified atom stereocenters. The number of rotatable bonds is 2. The highest BCUT2D eigenvalue weighted by molar-refractivity contribution is 9.10. The van der Waals surface area contributed by atoms with Crippen LogP contribution < -0.4 is 4.90 Å². The average molecular weight is 282 g/mol. The molecule has 1 aromatic carbocycles. The van der Waals surface area contributed by atoms with Crippen LogP contribution in [0.25, 0.3) is 0 Å². The SMILES string of the molecule is CN(c1ncc(Br)cn1)c1ccccc1F. The van der Waals surface area contributed by atoms with Gasteiger partial charge in [-0.2, -0.15) is 0 Å². The molecule has 2 rings (SSSR count). The lowest BCUT2D eigenvalue weighted by atomic mass is 10.3. The van der Waals surface area contributed by atoms with E-state index in [0.29, 0.717) is 11.6 Å². The lowest BCUT2D eigenvalue weighted by Crippen LogP contribution is -2.14. The molecule has 0 aliphatic heterocycles. The van der Waals surface area contributed by atoms with Crippen LogP contribution in [0.4, 0.5) is 16.0 Å². The third kappa shape index (κ3) is 2.19. The van der Waals surface area contributed by atoms with Crippen LogP contribution in [0, 0.1) is 5.82 Å². The van der Waals surface area contributed by atoms with Gasteiger partial charge in [-0.25, -0.2) is 14.4 Å². The van der Waals surface area contributed by atoms with Gasteiger partial charge in [0, 0.05) is 19.4 Å². The van der Waals surface area contributed by atoms with Gasteiger partial charge >= 0.3 is 0 Å². The Labute approximate surface area is 101 Å². The second-order valence-electron chi connectivity index (χ2n) is 3.21. The van der Waals surface area contributed by atoms with Crippen LogP contribution in [0.1, 0.15) is 0 Å². The molecule has 82 valence electrons. The van der Waals surface area contributed by atoms with E-state index in [4.69, 9.17) is 0 Å². The van der Waals surface area contributed by atoms with E-state index in [-0.39, 0.29) is 5.82 Å². The molecule has 0 fully saturated rings. The topological polar surface area (TPSA) is 29.0 Å². The molecule has 5 heteroatoms. The smallest absolute Gasteiger partial charge is 0.229 e. The summed E-state index contributed by atoms with van der Waals surface area (Å²) in [7, 11) is 1.72. The third-order valence-corrected chi connectivity index (χ3v) is 2.53. The second kappa shape index (κ2) is 4.57. The molecule has 0 radical (unpaired) electrons. The zero-order chi connectivity index (χ0) is 11.5. The van der Waals surface area contributed by atoms with Crippen LogP contribution in [0.5, 0.6) is 0 Å². The number of benzene rings is 1. The number of para-hydroxylation sites is 1. The van der Waals surface area contributed by atoms with Crippen LogP contribution in [0.3, 0.4) is 0 Å². The van der Waals surface area contributed by atoms with E-state index >= 15 is 0 Å². The van der Waals surface area contributed by atoms with Gasteiger partial charge in [-0.05, 0) is 28.1 Å². The van der Waals surface area contributed by atoms with E-state index in [0.717, 1.165) is 4.47 Å². The van der Waals surface area contributed by atoms with Crippen molar-refractivity contribution >= 4 is 27.6 Å². The summed E-state index contributed by atoms with van der Waals surface area (Å²) in [6.07, 6.45) is 3.25. The molecule has 0 N–H and O–H groups in total. The van der Waals surface area contributed by atoms with E-state index < -0.39 is 0 Å². The van der Waals surface area contributed by atoms with Crippen molar-refractivity contribution in [2.75, 3.05) is 11.9 Å². The van der Waals surface area contributed by atoms with Gasteiger partial charge in [-0.1, -0.05) is 12.1 Å². The van der Waals surface area contributed by atoms with Gasteiger partial charge in [0.15, 0.2) is 0 Å². The Morgan fingerprint density at radius 1 is 1.19 bits per heavy atom. The molecule has 0 spiro atoms. The van der Waals surface area contributed by atoms with Gasteiger partial charge < -0.3 is 4.90 Å². The first-order valence-corrected chi connectivity index (χ1v) is 5.43. The average Bonchev–Trinajstić information content (AvgIpc) is 2.30. The predicted molar refractivity (Wildman–Crippen MR) is 64.2 cm³/mol. The normalized spacial score (nSPS) is 10.2. The summed E-state index contributed by atoms with van der Waals surface area (Å²) in [5, 5.41) is 0. The summed E-state index contributed by atoms with van der Waals surface area (Å²) in [6.45, 7) is 0. The Morgan fingerprint density at radius 3 is 2.44 bits per heavy atom. The number of nitrogens with zero attached hydrogens (tertiary/aromatic N) is 3. The van der Waals surface area contributed by atoms with Crippen molar-refractivity contribution in [2.24, 2.45) is 0 Å². The monoisotopic (exact) mass is 281 g/mol. The van der Waals surface area contributed by atoms with Crippen molar-refractivity contribution in [1.82, 2.24) is 9.97 Å². The molecule has 3 nitrogen and oxygen atoms in total. The molecular formula is C11H9BrFN3. The molecule has 1 heterocycles. The summed E-state index contributed by atoms with van der Waals surface area (Å²) < 4.78 is 14.3. The van der Waals surface area contributed by atoms with Crippen LogP contribution in [0.2, 0.25) is 0 Å². The van der Waals surface area contributed by atoms with E-state index in [2.05, 4.69) is 25.9 Å². The van der Waals surface area contributed by atoms with Crippen molar-refractivity contribution in [2.45, 2.75) is 0 Å². The Kier molecular flexibility index (Phi) is 3.14. The highest BCUT2D eigenvalue weighted by Crippen LogP contribution is 2.23. The van der Waals surface area contributed by atoms with E-state index in [1.165, 1.54) is 6.07 Å². The number of hydrogen-bond donors (Lipinski definition) is 0. The first kappa shape index (κ1) is 11.0. The Hall–Kier alpha value is -1.49. The summed E-state index contributed by atoms with van der Waals surface area (Å²) in [5.41, 5.74) is 0.449. The van der Waals surface area contributed by atoms with Gasteiger partial charge in [0.25, 0.3) is 0 Å². The number of anilines is 2. The fourth-order valence-electron chi connectivity index (χ4n) is 1.31. The fraction of sp³-hybridized carbons (Fsp3) is 0.0909. The lowest BCUT2D eigenvalue weighted by Gasteiger charge is -2.17. The minimum Gasteiger partial charge on any atom is -0.311 e. The van der Waals surface area contributed by atoms with Crippen molar-refractivity contribution in [3.05, 3.63) is 46.9 Å². The zero-order valence-corrected chi connectivity index (χ0v) is 10.1. The highest BCUT2D eigenvalue weighted by Gasteiger charge is 2.10. The van der Waals surface area contributed by atoms with Crippen molar-refractivity contribution < 1.29 is 4.39 Å². The van der Waals surface area contributed by atoms with Crippen LogP contribution >= 0.6 is 15.9 Å². The summed E-state index contributed by atoms with van der Waals surface area (Å²) >= 11 is 3.25. The number of halogens is 2. The number of aromatic nitrogens is 2. The Balaban J connectivity index is 2.35. The fourth-order valence-corrected chi connectivity index (χ4v) is 1.51. The molecule has 0 amide bonds. The van der Waals surface area contributed by atoms with Gasteiger partial charge in [0.05, 0.1) is 10.2 Å². The van der Waals surface area contributed by atoms with E-state index in [1.54, 1.807) is 42.5 Å². The largest absolute Gasteiger partial charge is 0.311 e. The predicted octanol–water partition coefficient (Wildman–Crippen LogP) is 3.15. The maximum absolute atomic E-state index is 13.5. The van der Waals surface area contributed by atoms with E-state index in [1.807, 2.05) is 0 Å². The molecule has 0 saturated heterocycles. The molecule has 0 aliphatic carbocycles. The van der Waals surface area contributed by atoms with Gasteiger partial charge in [0.2, 0.25) is 5.95 Å². The molecule has 2 aromatic rings. The number of hydrogen-bond acceptors (Lipinski definition) is 3. The molecule has 0 bridgehead atoms. The van der Waals surface area contributed by atoms with Gasteiger partial charge in [-0.3, -0.25) is 0 Å². The summed E-state index contributed by atoms with van der Waals surface area (Å²) in [6, 6.07) is 6.51. The van der Waals surface area contributed by atoms with Crippen molar-refractivity contribution in [1.29, 1.82) is 0 Å². The van der Waals surface area contributed by atoms with Crippen LogP contribution in [-0.4, -0.2) is 17.0 Å². The molecular weight excluding hydrogens is 273 g/mol. The standard InChI is InChI=1S/C11H9BrFN3/c1-16(10-5-3-2-4-9(10)13)11-14-6-8(12)7-15-11/h2-7H,1H3. The first-order valence-electron chi connectivity index (χ1n) is 4.64. The summed E-state index contributed by atoms with van der Waals surface area (Å²) in [4.78, 5) is 9.79. The second-order valence-corrected chi connectivity index (χ2v) is 4.13. The van der Waals surface area contributed by atoms with Gasteiger partial charge in [-0.15, -0.1) is 0 Å². The van der Waals surface area contributed by atoms with Crippen molar-refractivity contribution in [3.63, 3.8) is 0 Å².